The van der Waals surface area contributed by atoms with E-state index >= 15 is 0 Å². The van der Waals surface area contributed by atoms with Gasteiger partial charge >= 0.3 is 0 Å². The summed E-state index contributed by atoms with van der Waals surface area (Å²) in [6, 6.07) is 11.4. The zero-order chi connectivity index (χ0) is 15.3. The van der Waals surface area contributed by atoms with Gasteiger partial charge in [0.15, 0.2) is 0 Å². The molecular weight excluding hydrogens is 258 g/mol. The smallest absolute Gasteiger partial charge is 0.0347 e. The summed E-state index contributed by atoms with van der Waals surface area (Å²) < 4.78 is 0. The molecule has 3 nitrogen and oxygen atoms in total. The molecule has 1 aromatic rings. The lowest BCUT2D eigenvalue weighted by Crippen LogP contribution is -2.58. The van der Waals surface area contributed by atoms with Gasteiger partial charge in [0.25, 0.3) is 0 Å². The van der Waals surface area contributed by atoms with Gasteiger partial charge in [-0.1, -0.05) is 37.3 Å². The van der Waals surface area contributed by atoms with Crippen LogP contribution in [-0.2, 0) is 6.42 Å². The van der Waals surface area contributed by atoms with Crippen molar-refractivity contribution < 1.29 is 0 Å². The van der Waals surface area contributed by atoms with Crippen molar-refractivity contribution in [2.24, 2.45) is 5.73 Å². The van der Waals surface area contributed by atoms with Crippen LogP contribution in [0.5, 0.6) is 0 Å². The van der Waals surface area contributed by atoms with Crippen LogP contribution in [-0.4, -0.2) is 54.6 Å². The third kappa shape index (κ3) is 4.06. The highest BCUT2D eigenvalue weighted by Gasteiger charge is 2.36. The molecule has 0 saturated carbocycles. The molecule has 1 aromatic carbocycles. The number of nitrogens with zero attached hydrogens (tertiary/aromatic N) is 2. The van der Waals surface area contributed by atoms with E-state index in [4.69, 9.17) is 5.73 Å². The lowest BCUT2D eigenvalue weighted by Gasteiger charge is -2.45. The van der Waals surface area contributed by atoms with Crippen molar-refractivity contribution in [3.8, 4) is 0 Å². The molecule has 3 heteroatoms. The van der Waals surface area contributed by atoms with Crippen molar-refractivity contribution in [3.63, 3.8) is 0 Å². The predicted octanol–water partition coefficient (Wildman–Crippen LogP) is 2.36. The van der Waals surface area contributed by atoms with Gasteiger partial charge in [0.2, 0.25) is 0 Å². The molecule has 0 spiro atoms. The van der Waals surface area contributed by atoms with Gasteiger partial charge in [0.1, 0.15) is 0 Å². The van der Waals surface area contributed by atoms with Gasteiger partial charge < -0.3 is 10.6 Å². The van der Waals surface area contributed by atoms with Crippen LogP contribution >= 0.6 is 0 Å². The molecule has 1 saturated heterocycles. The Morgan fingerprint density at radius 2 is 1.95 bits per heavy atom. The fourth-order valence-electron chi connectivity index (χ4n) is 3.63. The van der Waals surface area contributed by atoms with Crippen LogP contribution in [0, 0.1) is 0 Å². The van der Waals surface area contributed by atoms with Gasteiger partial charge in [-0.2, -0.15) is 0 Å². The second-order valence-electron chi connectivity index (χ2n) is 6.73. The maximum Gasteiger partial charge on any atom is 0.0347 e. The van der Waals surface area contributed by atoms with Crippen LogP contribution in [0.3, 0.4) is 0 Å². The topological polar surface area (TPSA) is 32.5 Å². The Kier molecular flexibility index (Phi) is 5.80. The molecule has 0 radical (unpaired) electrons. The van der Waals surface area contributed by atoms with Crippen molar-refractivity contribution in [2.75, 3.05) is 33.2 Å². The first kappa shape index (κ1) is 16.5. The van der Waals surface area contributed by atoms with E-state index in [2.05, 4.69) is 61.0 Å². The molecule has 0 aliphatic carbocycles. The third-order valence-corrected chi connectivity index (χ3v) is 4.93. The molecule has 2 rings (SSSR count). The molecule has 21 heavy (non-hydrogen) atoms. The molecule has 0 amide bonds. The summed E-state index contributed by atoms with van der Waals surface area (Å²) in [4.78, 5) is 5.15. The minimum Gasteiger partial charge on any atom is -0.329 e. The van der Waals surface area contributed by atoms with E-state index < -0.39 is 0 Å². The number of nitrogens with two attached hydrogens (primary N) is 1. The van der Waals surface area contributed by atoms with Gasteiger partial charge in [0.05, 0.1) is 0 Å². The highest BCUT2D eigenvalue weighted by molar-refractivity contribution is 5.18. The van der Waals surface area contributed by atoms with Crippen LogP contribution in [0.2, 0.25) is 0 Å². The van der Waals surface area contributed by atoms with Crippen LogP contribution in [0.15, 0.2) is 30.3 Å². The first-order valence-corrected chi connectivity index (χ1v) is 8.28. The molecule has 2 N–H and O–H groups in total. The fourth-order valence-corrected chi connectivity index (χ4v) is 3.63. The van der Waals surface area contributed by atoms with E-state index in [0.29, 0.717) is 12.6 Å². The maximum atomic E-state index is 6.23. The van der Waals surface area contributed by atoms with E-state index in [1.807, 2.05) is 0 Å². The Labute approximate surface area is 130 Å². The van der Waals surface area contributed by atoms with Crippen molar-refractivity contribution in [3.05, 3.63) is 35.9 Å². The summed E-state index contributed by atoms with van der Waals surface area (Å²) in [7, 11) is 2.24. The summed E-state index contributed by atoms with van der Waals surface area (Å²) in [5.74, 6) is 0. The molecular formula is C18H31N3. The standard InChI is InChI=1S/C18H31N3/c1-4-17-14-20(3)11-8-12-21(17)18(2,15-19)13-16-9-6-5-7-10-16/h5-7,9-10,17H,4,8,11-15,19H2,1-3H3. The Morgan fingerprint density at radius 3 is 2.57 bits per heavy atom. The summed E-state index contributed by atoms with van der Waals surface area (Å²) in [5.41, 5.74) is 7.67. The van der Waals surface area contributed by atoms with Crippen molar-refractivity contribution in [1.82, 2.24) is 9.80 Å². The van der Waals surface area contributed by atoms with Crippen LogP contribution in [0.4, 0.5) is 0 Å². The fraction of sp³-hybridized carbons (Fsp3) is 0.667. The highest BCUT2D eigenvalue weighted by atomic mass is 15.3. The molecule has 0 aromatic heterocycles. The van der Waals surface area contributed by atoms with Crippen LogP contribution in [0.1, 0.15) is 32.3 Å². The van der Waals surface area contributed by atoms with Gasteiger partial charge in [0, 0.05) is 31.2 Å². The molecule has 0 bridgehead atoms. The number of hydrogen-bond acceptors (Lipinski definition) is 3. The zero-order valence-electron chi connectivity index (χ0n) is 13.9. The Hall–Kier alpha value is -0.900. The van der Waals surface area contributed by atoms with Gasteiger partial charge in [-0.15, -0.1) is 0 Å². The molecule has 2 unspecified atom stereocenters. The van der Waals surface area contributed by atoms with E-state index in [1.165, 1.54) is 24.9 Å². The van der Waals surface area contributed by atoms with E-state index in [1.54, 1.807) is 0 Å². The van der Waals surface area contributed by atoms with Crippen LogP contribution < -0.4 is 5.73 Å². The molecule has 1 fully saturated rings. The molecule has 1 aliphatic heterocycles. The summed E-state index contributed by atoms with van der Waals surface area (Å²) in [5, 5.41) is 0. The van der Waals surface area contributed by atoms with E-state index in [-0.39, 0.29) is 5.54 Å². The quantitative estimate of drug-likeness (QED) is 0.903. The van der Waals surface area contributed by atoms with Crippen LogP contribution in [0.25, 0.3) is 0 Å². The normalized spacial score (nSPS) is 24.5. The number of hydrogen-bond donors (Lipinski definition) is 1. The van der Waals surface area contributed by atoms with Crippen molar-refractivity contribution in [2.45, 2.75) is 44.7 Å². The van der Waals surface area contributed by atoms with E-state index in [9.17, 15) is 0 Å². The predicted molar refractivity (Wildman–Crippen MR) is 90.5 cm³/mol. The maximum absolute atomic E-state index is 6.23. The number of rotatable bonds is 5. The minimum absolute atomic E-state index is 0.0488. The number of likely N-dealkylation sites (N-methyl/N-ethyl adjacent to an activating group) is 1. The Morgan fingerprint density at radius 1 is 1.24 bits per heavy atom. The molecule has 2 atom stereocenters. The summed E-state index contributed by atoms with van der Waals surface area (Å²) >= 11 is 0. The largest absolute Gasteiger partial charge is 0.329 e. The molecule has 1 aliphatic rings. The van der Waals surface area contributed by atoms with E-state index in [0.717, 1.165) is 19.5 Å². The van der Waals surface area contributed by atoms with Gasteiger partial charge in [-0.25, -0.2) is 0 Å². The SMILES string of the molecule is CCC1CN(C)CCCN1C(C)(CN)Cc1ccccc1. The average Bonchev–Trinajstić information content (AvgIpc) is 2.69. The summed E-state index contributed by atoms with van der Waals surface area (Å²) in [6.45, 7) is 8.86. The molecule has 1 heterocycles. The molecule has 118 valence electrons. The number of benzene rings is 1. The summed E-state index contributed by atoms with van der Waals surface area (Å²) in [6.07, 6.45) is 3.46. The average molecular weight is 289 g/mol. The highest BCUT2D eigenvalue weighted by Crippen LogP contribution is 2.26. The first-order chi connectivity index (χ1) is 10.1. The third-order valence-electron chi connectivity index (χ3n) is 4.93. The lowest BCUT2D eigenvalue weighted by atomic mass is 9.88. The Balaban J connectivity index is 2.20. The van der Waals surface area contributed by atoms with Gasteiger partial charge in [-0.3, -0.25) is 4.90 Å². The Bertz CT molecular complexity index is 420. The minimum atomic E-state index is 0.0488. The first-order valence-electron chi connectivity index (χ1n) is 8.28. The monoisotopic (exact) mass is 289 g/mol. The van der Waals surface area contributed by atoms with Gasteiger partial charge in [-0.05, 0) is 45.3 Å². The second-order valence-corrected chi connectivity index (χ2v) is 6.73. The zero-order valence-corrected chi connectivity index (χ0v) is 13.9. The van der Waals surface area contributed by atoms with Crippen molar-refractivity contribution in [1.29, 1.82) is 0 Å². The lowest BCUT2D eigenvalue weighted by molar-refractivity contribution is 0.0598. The van der Waals surface area contributed by atoms with Crippen molar-refractivity contribution >= 4 is 0 Å². The second kappa shape index (κ2) is 7.39.